The van der Waals surface area contributed by atoms with Gasteiger partial charge in [0.25, 0.3) is 0 Å². The summed E-state index contributed by atoms with van der Waals surface area (Å²) >= 11 is 0. The number of amides is 2. The van der Waals surface area contributed by atoms with Gasteiger partial charge in [-0.2, -0.15) is 0 Å². The third-order valence-corrected chi connectivity index (χ3v) is 5.12. The van der Waals surface area contributed by atoms with Gasteiger partial charge in [0.05, 0.1) is 5.69 Å². The summed E-state index contributed by atoms with van der Waals surface area (Å²) in [7, 11) is 0. The molecule has 144 valence electrons. The standard InChI is InChI=1S/C21H27N3O3/c1-15-18(16(2)27-23-15)10-11-20(25)22-19(14-17-8-4-3-5-9-17)21(26)24-12-6-7-13-24/h3-5,8-9,19H,6-7,10-14H2,1-2H3,(H,22,25)/t19-/m0/s1. The molecule has 3 rings (SSSR count). The Morgan fingerprint density at radius 1 is 1.19 bits per heavy atom. The van der Waals surface area contributed by atoms with Crippen LogP contribution in [0.4, 0.5) is 0 Å². The molecular weight excluding hydrogens is 342 g/mol. The van der Waals surface area contributed by atoms with Crippen molar-refractivity contribution < 1.29 is 14.1 Å². The van der Waals surface area contributed by atoms with Crippen molar-refractivity contribution in [2.75, 3.05) is 13.1 Å². The molecule has 1 fully saturated rings. The fraction of sp³-hybridized carbons (Fsp3) is 0.476. The van der Waals surface area contributed by atoms with Crippen molar-refractivity contribution in [3.05, 3.63) is 52.9 Å². The Morgan fingerprint density at radius 2 is 1.89 bits per heavy atom. The zero-order valence-electron chi connectivity index (χ0n) is 16.0. The Balaban J connectivity index is 1.64. The number of benzene rings is 1. The van der Waals surface area contributed by atoms with Gasteiger partial charge < -0.3 is 14.7 Å². The summed E-state index contributed by atoms with van der Waals surface area (Å²) in [5, 5.41) is 6.89. The molecule has 2 aromatic rings. The summed E-state index contributed by atoms with van der Waals surface area (Å²) in [5.41, 5.74) is 2.82. The first kappa shape index (κ1) is 19.1. The normalized spacial score (nSPS) is 15.0. The molecule has 0 aliphatic carbocycles. The number of likely N-dealkylation sites (tertiary alicyclic amines) is 1. The summed E-state index contributed by atoms with van der Waals surface area (Å²) in [5.74, 6) is 0.639. The molecule has 2 heterocycles. The van der Waals surface area contributed by atoms with Crippen LogP contribution in [0, 0.1) is 13.8 Å². The molecule has 0 saturated carbocycles. The first-order valence-electron chi connectivity index (χ1n) is 9.58. The quantitative estimate of drug-likeness (QED) is 0.814. The molecule has 1 atom stereocenters. The molecule has 1 aromatic heterocycles. The second-order valence-corrected chi connectivity index (χ2v) is 7.14. The molecule has 1 aliphatic heterocycles. The van der Waals surface area contributed by atoms with Crippen LogP contribution in [0.3, 0.4) is 0 Å². The van der Waals surface area contributed by atoms with Gasteiger partial charge in [0.1, 0.15) is 11.8 Å². The van der Waals surface area contributed by atoms with E-state index in [1.807, 2.05) is 49.1 Å². The van der Waals surface area contributed by atoms with Crippen molar-refractivity contribution in [2.24, 2.45) is 0 Å². The highest BCUT2D eigenvalue weighted by Crippen LogP contribution is 2.15. The van der Waals surface area contributed by atoms with E-state index in [4.69, 9.17) is 4.52 Å². The fourth-order valence-electron chi connectivity index (χ4n) is 3.57. The smallest absolute Gasteiger partial charge is 0.245 e. The molecule has 27 heavy (non-hydrogen) atoms. The van der Waals surface area contributed by atoms with Gasteiger partial charge >= 0.3 is 0 Å². The van der Waals surface area contributed by atoms with E-state index in [1.165, 1.54) is 0 Å². The van der Waals surface area contributed by atoms with E-state index >= 15 is 0 Å². The number of hydrogen-bond acceptors (Lipinski definition) is 4. The molecule has 1 aromatic carbocycles. The van der Waals surface area contributed by atoms with Crippen LogP contribution in [-0.4, -0.2) is 41.0 Å². The van der Waals surface area contributed by atoms with Crippen LogP contribution in [0.1, 0.15) is 41.8 Å². The number of hydrogen-bond donors (Lipinski definition) is 1. The second-order valence-electron chi connectivity index (χ2n) is 7.14. The van der Waals surface area contributed by atoms with Crippen molar-refractivity contribution in [3.63, 3.8) is 0 Å². The number of carbonyl (C=O) groups excluding carboxylic acids is 2. The van der Waals surface area contributed by atoms with E-state index < -0.39 is 6.04 Å². The number of nitrogens with one attached hydrogen (secondary N) is 1. The lowest BCUT2D eigenvalue weighted by molar-refractivity contribution is -0.135. The molecular formula is C21H27N3O3. The van der Waals surface area contributed by atoms with Crippen LogP contribution in [0.15, 0.2) is 34.9 Å². The maximum Gasteiger partial charge on any atom is 0.245 e. The number of nitrogens with zero attached hydrogens (tertiary/aromatic N) is 2. The van der Waals surface area contributed by atoms with E-state index in [-0.39, 0.29) is 11.8 Å². The summed E-state index contributed by atoms with van der Waals surface area (Å²) in [4.78, 5) is 27.3. The first-order valence-corrected chi connectivity index (χ1v) is 9.58. The monoisotopic (exact) mass is 369 g/mol. The molecule has 0 unspecified atom stereocenters. The van der Waals surface area contributed by atoms with Crippen molar-refractivity contribution in [3.8, 4) is 0 Å². The first-order chi connectivity index (χ1) is 13.0. The molecule has 1 aliphatic rings. The molecule has 2 amide bonds. The van der Waals surface area contributed by atoms with E-state index in [0.717, 1.165) is 48.5 Å². The highest BCUT2D eigenvalue weighted by Gasteiger charge is 2.28. The van der Waals surface area contributed by atoms with Gasteiger partial charge in [0, 0.05) is 31.5 Å². The summed E-state index contributed by atoms with van der Waals surface area (Å²) in [6, 6.07) is 9.30. The van der Waals surface area contributed by atoms with Crippen LogP contribution >= 0.6 is 0 Å². The largest absolute Gasteiger partial charge is 0.361 e. The molecule has 1 N–H and O–H groups in total. The van der Waals surface area contributed by atoms with Crippen LogP contribution in [0.5, 0.6) is 0 Å². The third kappa shape index (κ3) is 4.96. The Bertz CT molecular complexity index is 760. The van der Waals surface area contributed by atoms with Crippen LogP contribution < -0.4 is 5.32 Å². The van der Waals surface area contributed by atoms with Crippen molar-refractivity contribution in [1.82, 2.24) is 15.4 Å². The minimum Gasteiger partial charge on any atom is -0.361 e. The number of aryl methyl sites for hydroxylation is 2. The highest BCUT2D eigenvalue weighted by atomic mass is 16.5. The zero-order valence-corrected chi connectivity index (χ0v) is 16.0. The maximum absolute atomic E-state index is 12.9. The average Bonchev–Trinajstić information content (AvgIpc) is 3.30. The Kier molecular flexibility index (Phi) is 6.27. The second kappa shape index (κ2) is 8.84. The molecule has 6 heteroatoms. The van der Waals surface area contributed by atoms with Crippen LogP contribution in [0.2, 0.25) is 0 Å². The lowest BCUT2D eigenvalue weighted by Crippen LogP contribution is -2.49. The minimum atomic E-state index is -0.525. The van der Waals surface area contributed by atoms with Gasteiger partial charge in [0.2, 0.25) is 11.8 Å². The van der Waals surface area contributed by atoms with Crippen LogP contribution in [0.25, 0.3) is 0 Å². The SMILES string of the molecule is Cc1noc(C)c1CCC(=O)N[C@@H](Cc1ccccc1)C(=O)N1CCCC1. The van der Waals surface area contributed by atoms with Crippen molar-refractivity contribution in [1.29, 1.82) is 0 Å². The molecule has 0 bridgehead atoms. The van der Waals surface area contributed by atoms with Crippen molar-refractivity contribution in [2.45, 2.75) is 52.0 Å². The van der Waals surface area contributed by atoms with Gasteiger partial charge in [-0.25, -0.2) is 0 Å². The van der Waals surface area contributed by atoms with E-state index in [1.54, 1.807) is 0 Å². The van der Waals surface area contributed by atoms with Gasteiger partial charge in [-0.1, -0.05) is 35.5 Å². The number of carbonyl (C=O) groups is 2. The lowest BCUT2D eigenvalue weighted by atomic mass is 10.0. The number of aromatic nitrogens is 1. The molecule has 0 radical (unpaired) electrons. The third-order valence-electron chi connectivity index (χ3n) is 5.12. The highest BCUT2D eigenvalue weighted by molar-refractivity contribution is 5.88. The topological polar surface area (TPSA) is 75.4 Å². The van der Waals surface area contributed by atoms with Gasteiger partial charge in [0.15, 0.2) is 0 Å². The average molecular weight is 369 g/mol. The molecule has 6 nitrogen and oxygen atoms in total. The zero-order chi connectivity index (χ0) is 19.2. The lowest BCUT2D eigenvalue weighted by Gasteiger charge is -2.24. The predicted octanol–water partition coefficient (Wildman–Crippen LogP) is 2.57. The molecule has 1 saturated heterocycles. The van der Waals surface area contributed by atoms with E-state index in [9.17, 15) is 9.59 Å². The van der Waals surface area contributed by atoms with Crippen LogP contribution in [-0.2, 0) is 22.4 Å². The Hall–Kier alpha value is -2.63. The molecule has 0 spiro atoms. The van der Waals surface area contributed by atoms with Gasteiger partial charge in [-0.3, -0.25) is 9.59 Å². The van der Waals surface area contributed by atoms with E-state index in [0.29, 0.717) is 19.3 Å². The van der Waals surface area contributed by atoms with Gasteiger partial charge in [-0.05, 0) is 38.7 Å². The van der Waals surface area contributed by atoms with Gasteiger partial charge in [-0.15, -0.1) is 0 Å². The fourth-order valence-corrected chi connectivity index (χ4v) is 3.57. The summed E-state index contributed by atoms with van der Waals surface area (Å²) in [6.45, 7) is 5.28. The Labute approximate surface area is 159 Å². The van der Waals surface area contributed by atoms with E-state index in [2.05, 4.69) is 10.5 Å². The predicted molar refractivity (Wildman–Crippen MR) is 102 cm³/mol. The summed E-state index contributed by atoms with van der Waals surface area (Å²) < 4.78 is 5.15. The number of rotatable bonds is 7. The Morgan fingerprint density at radius 3 is 2.52 bits per heavy atom. The minimum absolute atomic E-state index is 0.0158. The maximum atomic E-state index is 12.9. The summed E-state index contributed by atoms with van der Waals surface area (Å²) in [6.07, 6.45) is 3.44. The van der Waals surface area contributed by atoms with Crippen molar-refractivity contribution >= 4 is 11.8 Å².